The molecule has 0 saturated carbocycles. The van der Waals surface area contributed by atoms with Crippen LogP contribution in [-0.4, -0.2) is 32.2 Å². The molecule has 0 spiro atoms. The SMILES string of the molecule is C=C(C)C(=O)OCCCCCCCCCCCOS(=O)(=O)[O-].[Na+]. The molecule has 0 saturated heterocycles. The quantitative estimate of drug-likeness (QED) is 0.109. The van der Waals surface area contributed by atoms with Crippen LogP contribution in [0.4, 0.5) is 0 Å². The van der Waals surface area contributed by atoms with E-state index in [1.807, 2.05) is 0 Å². The van der Waals surface area contributed by atoms with Crippen molar-refractivity contribution in [3.8, 4) is 0 Å². The molecule has 0 bridgehead atoms. The average molecular weight is 358 g/mol. The van der Waals surface area contributed by atoms with Gasteiger partial charge in [-0.3, -0.25) is 4.18 Å². The maximum atomic E-state index is 11.1. The number of unbranched alkanes of at least 4 members (excludes halogenated alkanes) is 8. The number of esters is 1. The molecule has 6 nitrogen and oxygen atoms in total. The number of hydrogen-bond donors (Lipinski definition) is 0. The summed E-state index contributed by atoms with van der Waals surface area (Å²) in [6, 6.07) is 0. The summed E-state index contributed by atoms with van der Waals surface area (Å²) < 4.78 is 39.6. The molecule has 0 heterocycles. The van der Waals surface area contributed by atoms with E-state index < -0.39 is 10.4 Å². The zero-order valence-corrected chi connectivity index (χ0v) is 17.2. The van der Waals surface area contributed by atoms with Crippen LogP contribution in [-0.2, 0) is 24.1 Å². The molecule has 8 heteroatoms. The monoisotopic (exact) mass is 358 g/mol. The minimum absolute atomic E-state index is 0. The summed E-state index contributed by atoms with van der Waals surface area (Å²) in [5.41, 5.74) is 0.429. The van der Waals surface area contributed by atoms with E-state index in [0.717, 1.165) is 51.4 Å². The fraction of sp³-hybridized carbons (Fsp3) is 0.800. The van der Waals surface area contributed by atoms with Gasteiger partial charge in [0.25, 0.3) is 0 Å². The molecule has 0 aromatic rings. The van der Waals surface area contributed by atoms with Gasteiger partial charge >= 0.3 is 35.5 Å². The first-order chi connectivity index (χ1) is 10.3. The first kappa shape index (κ1) is 25.3. The van der Waals surface area contributed by atoms with Crippen LogP contribution in [0.5, 0.6) is 0 Å². The topological polar surface area (TPSA) is 92.7 Å². The van der Waals surface area contributed by atoms with E-state index in [9.17, 15) is 17.8 Å². The summed E-state index contributed by atoms with van der Waals surface area (Å²) in [4.78, 5) is 11.1. The Hall–Kier alpha value is 0.0800. The molecule has 0 aromatic heterocycles. The second-order valence-electron chi connectivity index (χ2n) is 5.33. The summed E-state index contributed by atoms with van der Waals surface area (Å²) in [6.45, 7) is 5.58. The van der Waals surface area contributed by atoms with Crippen LogP contribution in [0.15, 0.2) is 12.2 Å². The van der Waals surface area contributed by atoms with E-state index >= 15 is 0 Å². The summed E-state index contributed by atoms with van der Waals surface area (Å²) >= 11 is 0. The largest absolute Gasteiger partial charge is 1.00 e. The van der Waals surface area contributed by atoms with E-state index in [4.69, 9.17) is 4.74 Å². The molecule has 0 N–H and O–H groups in total. The molecule has 0 radical (unpaired) electrons. The second-order valence-corrected chi connectivity index (χ2v) is 6.38. The molecular weight excluding hydrogens is 331 g/mol. The Bertz CT molecular complexity index is 422. The number of ether oxygens (including phenoxy) is 1. The number of carbonyl (C=O) groups is 1. The molecule has 0 aliphatic rings. The predicted molar refractivity (Wildman–Crippen MR) is 83.0 cm³/mol. The van der Waals surface area contributed by atoms with Crippen LogP contribution < -0.4 is 29.6 Å². The van der Waals surface area contributed by atoms with E-state index in [1.54, 1.807) is 6.92 Å². The fourth-order valence-electron chi connectivity index (χ4n) is 1.89. The van der Waals surface area contributed by atoms with Crippen LogP contribution in [0.25, 0.3) is 0 Å². The van der Waals surface area contributed by atoms with Crippen LogP contribution in [0.1, 0.15) is 64.7 Å². The summed E-state index contributed by atoms with van der Waals surface area (Å²) in [7, 11) is -4.53. The number of rotatable bonds is 14. The van der Waals surface area contributed by atoms with Gasteiger partial charge in [0, 0.05) is 5.57 Å². The van der Waals surface area contributed by atoms with E-state index in [1.165, 1.54) is 0 Å². The minimum Gasteiger partial charge on any atom is -0.726 e. The van der Waals surface area contributed by atoms with Crippen molar-refractivity contribution in [2.24, 2.45) is 0 Å². The van der Waals surface area contributed by atoms with Gasteiger partial charge in [-0.1, -0.05) is 51.5 Å². The number of carbonyl (C=O) groups excluding carboxylic acids is 1. The van der Waals surface area contributed by atoms with Crippen LogP contribution >= 0.6 is 0 Å². The van der Waals surface area contributed by atoms with Crippen molar-refractivity contribution < 1.29 is 56.2 Å². The Morgan fingerprint density at radius 1 is 0.913 bits per heavy atom. The van der Waals surface area contributed by atoms with Gasteiger partial charge in [-0.2, -0.15) is 0 Å². The molecule has 130 valence electrons. The Balaban J connectivity index is 0. The Kier molecular flexibility index (Phi) is 17.2. The summed E-state index contributed by atoms with van der Waals surface area (Å²) in [6.07, 6.45) is 8.86. The zero-order valence-electron chi connectivity index (χ0n) is 14.3. The maximum Gasteiger partial charge on any atom is 1.00 e. The molecular formula is C15H27NaO6S. The van der Waals surface area contributed by atoms with E-state index in [2.05, 4.69) is 10.8 Å². The van der Waals surface area contributed by atoms with Gasteiger partial charge in [0.1, 0.15) is 0 Å². The van der Waals surface area contributed by atoms with Crippen molar-refractivity contribution in [2.75, 3.05) is 13.2 Å². The summed E-state index contributed by atoms with van der Waals surface area (Å²) in [5, 5.41) is 0. The van der Waals surface area contributed by atoms with E-state index in [-0.39, 0.29) is 42.1 Å². The van der Waals surface area contributed by atoms with E-state index in [0.29, 0.717) is 18.6 Å². The third kappa shape index (κ3) is 20.0. The van der Waals surface area contributed by atoms with Gasteiger partial charge in [-0.15, -0.1) is 0 Å². The molecule has 0 aromatic carbocycles. The van der Waals surface area contributed by atoms with Gasteiger partial charge in [-0.25, -0.2) is 13.2 Å². The predicted octanol–water partition coefficient (Wildman–Crippen LogP) is 0.0974. The van der Waals surface area contributed by atoms with Gasteiger partial charge < -0.3 is 9.29 Å². The molecule has 0 amide bonds. The molecule has 0 rings (SSSR count). The molecule has 0 atom stereocenters. The molecule has 23 heavy (non-hydrogen) atoms. The van der Waals surface area contributed by atoms with Crippen molar-refractivity contribution in [3.63, 3.8) is 0 Å². The minimum atomic E-state index is -4.53. The maximum absolute atomic E-state index is 11.1. The Morgan fingerprint density at radius 2 is 1.30 bits per heavy atom. The van der Waals surface area contributed by atoms with Crippen molar-refractivity contribution in [1.29, 1.82) is 0 Å². The van der Waals surface area contributed by atoms with Crippen LogP contribution in [0.2, 0.25) is 0 Å². The summed E-state index contributed by atoms with van der Waals surface area (Å²) in [5.74, 6) is -0.325. The zero-order chi connectivity index (χ0) is 16.8. The molecule has 0 aliphatic carbocycles. The van der Waals surface area contributed by atoms with Crippen molar-refractivity contribution >= 4 is 16.4 Å². The van der Waals surface area contributed by atoms with Crippen molar-refractivity contribution in [3.05, 3.63) is 12.2 Å². The Morgan fingerprint density at radius 3 is 1.70 bits per heavy atom. The van der Waals surface area contributed by atoms with Gasteiger partial charge in [-0.05, 0) is 19.8 Å². The van der Waals surface area contributed by atoms with Crippen molar-refractivity contribution in [1.82, 2.24) is 0 Å². The van der Waals surface area contributed by atoms with Crippen molar-refractivity contribution in [2.45, 2.75) is 64.7 Å². The standard InChI is InChI=1S/C15H28O6S.Na/c1-14(2)15(16)20-12-10-8-6-4-3-5-7-9-11-13-21-22(17,18)19;/h1,3-13H2,2H3,(H,17,18,19);/q;+1/p-1. The van der Waals surface area contributed by atoms with Gasteiger partial charge in [0.05, 0.1) is 13.2 Å². The number of hydrogen-bond acceptors (Lipinski definition) is 6. The molecule has 0 aliphatic heterocycles. The van der Waals surface area contributed by atoms with Crippen LogP contribution in [0.3, 0.4) is 0 Å². The van der Waals surface area contributed by atoms with Crippen LogP contribution in [0, 0.1) is 0 Å². The normalized spacial score (nSPS) is 10.9. The van der Waals surface area contributed by atoms with Gasteiger partial charge in [0.2, 0.25) is 10.4 Å². The fourth-order valence-corrected chi connectivity index (χ4v) is 2.21. The Labute approximate surface area is 162 Å². The third-order valence-electron chi connectivity index (χ3n) is 3.10. The second kappa shape index (κ2) is 15.6. The average Bonchev–Trinajstić information content (AvgIpc) is 2.42. The first-order valence-corrected chi connectivity index (χ1v) is 9.09. The first-order valence-electron chi connectivity index (χ1n) is 7.76. The molecule has 0 unspecified atom stereocenters. The van der Waals surface area contributed by atoms with Gasteiger partial charge in [0.15, 0.2) is 0 Å². The molecule has 0 fully saturated rings. The smallest absolute Gasteiger partial charge is 0.726 e. The third-order valence-corrected chi connectivity index (χ3v) is 3.55.